The summed E-state index contributed by atoms with van der Waals surface area (Å²) in [6.07, 6.45) is 5.34. The summed E-state index contributed by atoms with van der Waals surface area (Å²) < 4.78 is 5.94. The molecule has 0 aromatic heterocycles. The molecule has 1 amide bonds. The number of aliphatic hydroxyl groups excluding tert-OH is 1. The number of nitrogens with zero attached hydrogens (tertiary/aromatic N) is 1. The van der Waals surface area contributed by atoms with E-state index < -0.39 is 0 Å². The summed E-state index contributed by atoms with van der Waals surface area (Å²) in [5.74, 6) is 0.727. The Labute approximate surface area is 172 Å². The van der Waals surface area contributed by atoms with Crippen molar-refractivity contribution in [2.45, 2.75) is 56.6 Å². The summed E-state index contributed by atoms with van der Waals surface area (Å²) in [6, 6.07) is 17.1. The average Bonchev–Trinajstić information content (AvgIpc) is 3.52. The molecule has 5 rings (SSSR count). The third kappa shape index (κ3) is 3.78. The number of hydrogen-bond donors (Lipinski definition) is 1. The fraction of sp³-hybridized carbons (Fsp3) is 0.480. The van der Waals surface area contributed by atoms with Crippen LogP contribution >= 0.6 is 0 Å². The molecule has 2 fully saturated rings. The summed E-state index contributed by atoms with van der Waals surface area (Å²) in [6.45, 7) is 1.18. The fourth-order valence-electron chi connectivity index (χ4n) is 5.00. The van der Waals surface area contributed by atoms with Crippen molar-refractivity contribution in [2.75, 3.05) is 13.2 Å². The van der Waals surface area contributed by atoms with Crippen molar-refractivity contribution in [1.29, 1.82) is 0 Å². The van der Waals surface area contributed by atoms with Crippen LogP contribution in [0.3, 0.4) is 0 Å². The van der Waals surface area contributed by atoms with E-state index in [4.69, 9.17) is 4.74 Å². The monoisotopic (exact) mass is 391 g/mol. The number of amides is 1. The van der Waals surface area contributed by atoms with Crippen LogP contribution in [0.5, 0.6) is 0 Å². The Morgan fingerprint density at radius 1 is 0.897 bits per heavy atom. The number of fused-ring (bicyclic) bond motifs is 3. The molecule has 0 spiro atoms. The second-order valence-electron chi connectivity index (χ2n) is 8.86. The van der Waals surface area contributed by atoms with Crippen molar-refractivity contribution < 1.29 is 14.6 Å². The fourth-order valence-corrected chi connectivity index (χ4v) is 5.00. The second kappa shape index (κ2) is 7.83. The molecule has 2 aromatic rings. The van der Waals surface area contributed by atoms with Crippen LogP contribution in [0.2, 0.25) is 0 Å². The van der Waals surface area contributed by atoms with E-state index in [2.05, 4.69) is 48.5 Å². The van der Waals surface area contributed by atoms with Gasteiger partial charge in [0.15, 0.2) is 0 Å². The smallest absolute Gasteiger partial charge is 0.410 e. The van der Waals surface area contributed by atoms with Crippen LogP contribution in [0.15, 0.2) is 48.5 Å². The van der Waals surface area contributed by atoms with Crippen molar-refractivity contribution in [3.05, 3.63) is 59.7 Å². The van der Waals surface area contributed by atoms with Gasteiger partial charge in [0.2, 0.25) is 0 Å². The Morgan fingerprint density at radius 2 is 1.48 bits per heavy atom. The van der Waals surface area contributed by atoms with Gasteiger partial charge >= 0.3 is 6.09 Å². The van der Waals surface area contributed by atoms with Gasteiger partial charge in [-0.1, -0.05) is 48.5 Å². The molecule has 152 valence electrons. The Hall–Kier alpha value is -2.33. The maximum absolute atomic E-state index is 13.1. The highest BCUT2D eigenvalue weighted by molar-refractivity contribution is 5.79. The van der Waals surface area contributed by atoms with Crippen LogP contribution in [-0.2, 0) is 4.74 Å². The SMILES string of the molecule is O=C(OCC1c2ccccc2-c2ccccc21)N(CC1CC1)C1CCC(O)CC1. The Bertz CT molecular complexity index is 838. The summed E-state index contributed by atoms with van der Waals surface area (Å²) >= 11 is 0. The second-order valence-corrected chi connectivity index (χ2v) is 8.86. The van der Waals surface area contributed by atoms with Gasteiger partial charge in [0.1, 0.15) is 6.61 Å². The largest absolute Gasteiger partial charge is 0.448 e. The number of ether oxygens (including phenoxy) is 1. The van der Waals surface area contributed by atoms with E-state index in [1.807, 2.05) is 4.90 Å². The van der Waals surface area contributed by atoms with Gasteiger partial charge in [0.25, 0.3) is 0 Å². The highest BCUT2D eigenvalue weighted by Gasteiger charge is 2.35. The van der Waals surface area contributed by atoms with Crippen LogP contribution in [0.4, 0.5) is 4.79 Å². The van der Waals surface area contributed by atoms with E-state index in [1.165, 1.54) is 35.1 Å². The van der Waals surface area contributed by atoms with Crippen molar-refractivity contribution >= 4 is 6.09 Å². The molecular weight excluding hydrogens is 362 g/mol. The zero-order chi connectivity index (χ0) is 19.8. The molecule has 0 saturated heterocycles. The minimum atomic E-state index is -0.212. The van der Waals surface area contributed by atoms with E-state index in [9.17, 15) is 9.90 Å². The third-order valence-corrected chi connectivity index (χ3v) is 6.83. The maximum atomic E-state index is 13.1. The Balaban J connectivity index is 1.31. The van der Waals surface area contributed by atoms with E-state index in [0.29, 0.717) is 12.5 Å². The third-order valence-electron chi connectivity index (χ3n) is 6.83. The lowest BCUT2D eigenvalue weighted by atomic mass is 9.92. The zero-order valence-electron chi connectivity index (χ0n) is 16.8. The first kappa shape index (κ1) is 18.7. The summed E-state index contributed by atoms with van der Waals surface area (Å²) in [5, 5.41) is 9.84. The first-order chi connectivity index (χ1) is 14.2. The molecule has 4 nitrogen and oxygen atoms in total. The first-order valence-electron chi connectivity index (χ1n) is 11.0. The van der Waals surface area contributed by atoms with Gasteiger partial charge < -0.3 is 14.7 Å². The molecular formula is C25H29NO3. The van der Waals surface area contributed by atoms with Crippen molar-refractivity contribution in [3.8, 4) is 11.1 Å². The highest BCUT2D eigenvalue weighted by Crippen LogP contribution is 2.44. The van der Waals surface area contributed by atoms with Crippen LogP contribution in [0.25, 0.3) is 11.1 Å². The maximum Gasteiger partial charge on any atom is 0.410 e. The summed E-state index contributed by atoms with van der Waals surface area (Å²) in [7, 11) is 0. The summed E-state index contributed by atoms with van der Waals surface area (Å²) in [4.78, 5) is 15.1. The number of carbonyl (C=O) groups is 1. The standard InChI is InChI=1S/C25H29NO3/c27-19-13-11-18(12-14-19)26(15-17-9-10-17)25(28)29-16-24-22-7-3-1-5-20(22)21-6-2-4-8-23(21)24/h1-8,17-19,24,27H,9-16H2. The molecule has 2 aromatic carbocycles. The first-order valence-corrected chi connectivity index (χ1v) is 11.0. The molecule has 0 radical (unpaired) electrons. The van der Waals surface area contributed by atoms with Gasteiger partial charge in [-0.25, -0.2) is 4.79 Å². The lowest BCUT2D eigenvalue weighted by Gasteiger charge is -2.35. The molecule has 0 unspecified atom stereocenters. The van der Waals surface area contributed by atoms with E-state index in [-0.39, 0.29) is 24.2 Å². The Morgan fingerprint density at radius 3 is 2.07 bits per heavy atom. The topological polar surface area (TPSA) is 49.8 Å². The average molecular weight is 392 g/mol. The zero-order valence-corrected chi connectivity index (χ0v) is 16.8. The number of hydrogen-bond acceptors (Lipinski definition) is 3. The molecule has 0 atom stereocenters. The Kier molecular flexibility index (Phi) is 5.04. The highest BCUT2D eigenvalue weighted by atomic mass is 16.6. The predicted molar refractivity (Wildman–Crippen MR) is 113 cm³/mol. The van der Waals surface area contributed by atoms with Crippen LogP contribution < -0.4 is 0 Å². The molecule has 1 N–H and O–H groups in total. The number of rotatable bonds is 5. The molecule has 4 heteroatoms. The molecule has 0 aliphatic heterocycles. The van der Waals surface area contributed by atoms with Gasteiger partial charge in [0, 0.05) is 18.5 Å². The van der Waals surface area contributed by atoms with Crippen molar-refractivity contribution in [1.82, 2.24) is 4.90 Å². The molecule has 29 heavy (non-hydrogen) atoms. The van der Waals surface area contributed by atoms with Crippen molar-refractivity contribution in [3.63, 3.8) is 0 Å². The normalized spacial score (nSPS) is 23.3. The molecule has 0 bridgehead atoms. The van der Waals surface area contributed by atoms with Crippen molar-refractivity contribution in [2.24, 2.45) is 5.92 Å². The quantitative estimate of drug-likeness (QED) is 0.784. The lowest BCUT2D eigenvalue weighted by molar-refractivity contribution is 0.0495. The number of benzene rings is 2. The van der Waals surface area contributed by atoms with E-state index in [0.717, 1.165) is 32.2 Å². The predicted octanol–water partition coefficient (Wildman–Crippen LogP) is 4.95. The number of aliphatic hydroxyl groups is 1. The lowest BCUT2D eigenvalue weighted by Crippen LogP contribution is -2.44. The molecule has 0 heterocycles. The minimum Gasteiger partial charge on any atom is -0.448 e. The summed E-state index contributed by atoms with van der Waals surface area (Å²) in [5.41, 5.74) is 4.99. The molecule has 3 aliphatic carbocycles. The van der Waals surface area contributed by atoms with Gasteiger partial charge in [-0.3, -0.25) is 0 Å². The van der Waals surface area contributed by atoms with Crippen LogP contribution in [0.1, 0.15) is 55.6 Å². The van der Waals surface area contributed by atoms with Gasteiger partial charge in [-0.2, -0.15) is 0 Å². The van der Waals surface area contributed by atoms with Gasteiger partial charge in [0.05, 0.1) is 6.10 Å². The van der Waals surface area contributed by atoms with Gasteiger partial charge in [-0.05, 0) is 66.7 Å². The molecule has 3 aliphatic rings. The van der Waals surface area contributed by atoms with Gasteiger partial charge in [-0.15, -0.1) is 0 Å². The van der Waals surface area contributed by atoms with E-state index >= 15 is 0 Å². The minimum absolute atomic E-state index is 0.0994. The molecule has 2 saturated carbocycles. The number of carbonyl (C=O) groups excluding carboxylic acids is 1. The van der Waals surface area contributed by atoms with Crippen LogP contribution in [0, 0.1) is 5.92 Å². The van der Waals surface area contributed by atoms with E-state index in [1.54, 1.807) is 0 Å². The van der Waals surface area contributed by atoms with Crippen LogP contribution in [-0.4, -0.2) is 41.4 Å².